The Balaban J connectivity index is 2.46. The Labute approximate surface area is 134 Å². The molecule has 0 saturated carbocycles. The monoisotopic (exact) mass is 353 g/mol. The van der Waals surface area contributed by atoms with Gasteiger partial charge in [0, 0.05) is 5.39 Å². The van der Waals surface area contributed by atoms with Crippen molar-refractivity contribution in [3.05, 3.63) is 35.0 Å². The van der Waals surface area contributed by atoms with Gasteiger partial charge in [0.1, 0.15) is 11.8 Å². The van der Waals surface area contributed by atoms with Gasteiger partial charge in [-0.1, -0.05) is 64.6 Å². The van der Waals surface area contributed by atoms with Crippen LogP contribution in [0, 0.1) is 0 Å². The minimum absolute atomic E-state index is 0.0458. The number of benzene rings is 1. The van der Waals surface area contributed by atoms with Crippen LogP contribution < -0.4 is 0 Å². The summed E-state index contributed by atoms with van der Waals surface area (Å²) in [6.45, 7) is -0.435. The van der Waals surface area contributed by atoms with Gasteiger partial charge in [-0.05, 0) is 6.07 Å². The molecule has 0 fully saturated rings. The first-order valence-corrected chi connectivity index (χ1v) is 6.84. The normalized spacial score (nSPS) is 11.6. The maximum absolute atomic E-state index is 12.0. The number of aldehydes is 1. The minimum atomic E-state index is -1.72. The Bertz CT molecular complexity index is 675. The van der Waals surface area contributed by atoms with Crippen LogP contribution in [-0.4, -0.2) is 27.3 Å². The van der Waals surface area contributed by atoms with Crippen molar-refractivity contribution < 1.29 is 14.3 Å². The summed E-state index contributed by atoms with van der Waals surface area (Å²) in [5.74, 6) is 0. The molecule has 1 aromatic carbocycles. The molecule has 4 nitrogen and oxygen atoms in total. The smallest absolute Gasteiger partial charge is 0.419 e. The highest BCUT2D eigenvalue weighted by molar-refractivity contribution is 6.67. The average molecular weight is 355 g/mol. The standard InChI is InChI=1S/C12H7Cl4NO3/c13-10-8(5-18)7-3-1-2-4-9(7)17(10)11(19)20-6-12(14,15)16/h1-5H,6H2. The van der Waals surface area contributed by atoms with E-state index in [9.17, 15) is 9.59 Å². The van der Waals surface area contributed by atoms with Gasteiger partial charge >= 0.3 is 6.09 Å². The number of carbonyl (C=O) groups excluding carboxylic acids is 2. The average Bonchev–Trinajstić information content (AvgIpc) is 2.66. The van der Waals surface area contributed by atoms with E-state index in [1.54, 1.807) is 24.3 Å². The number of para-hydroxylation sites is 1. The van der Waals surface area contributed by atoms with E-state index in [-0.39, 0.29) is 10.7 Å². The second kappa shape index (κ2) is 5.82. The van der Waals surface area contributed by atoms with Crippen molar-refractivity contribution in [2.45, 2.75) is 3.79 Å². The van der Waals surface area contributed by atoms with Crippen LogP contribution in [0.25, 0.3) is 10.9 Å². The molecule has 0 aliphatic carbocycles. The first kappa shape index (κ1) is 15.4. The fourth-order valence-electron chi connectivity index (χ4n) is 1.73. The van der Waals surface area contributed by atoms with E-state index in [0.717, 1.165) is 4.57 Å². The van der Waals surface area contributed by atoms with Crippen molar-refractivity contribution in [3.63, 3.8) is 0 Å². The van der Waals surface area contributed by atoms with Gasteiger partial charge in [0.15, 0.2) is 6.29 Å². The molecule has 2 aromatic rings. The fourth-order valence-corrected chi connectivity index (χ4v) is 2.20. The third-order valence-electron chi connectivity index (χ3n) is 2.51. The van der Waals surface area contributed by atoms with Gasteiger partial charge in [-0.3, -0.25) is 4.79 Å². The van der Waals surface area contributed by atoms with Gasteiger partial charge in [-0.15, -0.1) is 0 Å². The van der Waals surface area contributed by atoms with Crippen LogP contribution in [0.3, 0.4) is 0 Å². The number of hydrogen-bond acceptors (Lipinski definition) is 3. The molecule has 0 unspecified atom stereocenters. The lowest BCUT2D eigenvalue weighted by molar-refractivity contribution is 0.112. The van der Waals surface area contributed by atoms with E-state index >= 15 is 0 Å². The molecule has 1 heterocycles. The highest BCUT2D eigenvalue weighted by Gasteiger charge is 2.25. The summed E-state index contributed by atoms with van der Waals surface area (Å²) in [5, 5.41) is 0.494. The van der Waals surface area contributed by atoms with Crippen LogP contribution in [-0.2, 0) is 4.74 Å². The van der Waals surface area contributed by atoms with Crippen LogP contribution in [0.2, 0.25) is 5.15 Å². The highest BCUT2D eigenvalue weighted by Crippen LogP contribution is 2.30. The Morgan fingerprint density at radius 3 is 2.55 bits per heavy atom. The summed E-state index contributed by atoms with van der Waals surface area (Å²) in [4.78, 5) is 23.1. The van der Waals surface area contributed by atoms with Crippen molar-refractivity contribution in [1.29, 1.82) is 0 Å². The molecule has 0 bridgehead atoms. The summed E-state index contributed by atoms with van der Waals surface area (Å²) >= 11 is 22.6. The van der Waals surface area contributed by atoms with Gasteiger partial charge in [0.2, 0.25) is 3.79 Å². The summed E-state index contributed by atoms with van der Waals surface area (Å²) in [7, 11) is 0. The van der Waals surface area contributed by atoms with E-state index in [4.69, 9.17) is 51.1 Å². The van der Waals surface area contributed by atoms with Crippen LogP contribution in [0.5, 0.6) is 0 Å². The number of ether oxygens (including phenoxy) is 1. The summed E-state index contributed by atoms with van der Waals surface area (Å²) in [6.07, 6.45) is -0.255. The molecule has 0 radical (unpaired) electrons. The lowest BCUT2D eigenvalue weighted by atomic mass is 10.2. The lowest BCUT2D eigenvalue weighted by Crippen LogP contribution is -2.21. The molecule has 0 amide bonds. The first-order valence-electron chi connectivity index (χ1n) is 5.33. The van der Waals surface area contributed by atoms with E-state index < -0.39 is 16.5 Å². The summed E-state index contributed by atoms with van der Waals surface area (Å²) in [6, 6.07) is 6.73. The number of rotatable bonds is 2. The Morgan fingerprint density at radius 2 is 1.95 bits per heavy atom. The minimum Gasteiger partial charge on any atom is -0.444 e. The molecular weight excluding hydrogens is 348 g/mol. The Morgan fingerprint density at radius 1 is 1.30 bits per heavy atom. The van der Waals surface area contributed by atoms with Crippen LogP contribution >= 0.6 is 46.4 Å². The Hall–Kier alpha value is -0.940. The van der Waals surface area contributed by atoms with Gasteiger partial charge in [0.05, 0.1) is 11.1 Å². The van der Waals surface area contributed by atoms with Gasteiger partial charge in [-0.25, -0.2) is 9.36 Å². The molecule has 0 saturated heterocycles. The van der Waals surface area contributed by atoms with E-state index in [0.29, 0.717) is 17.2 Å². The predicted molar refractivity (Wildman–Crippen MR) is 79.4 cm³/mol. The van der Waals surface area contributed by atoms with E-state index in [2.05, 4.69) is 0 Å². The van der Waals surface area contributed by atoms with Crippen molar-refractivity contribution in [3.8, 4) is 0 Å². The van der Waals surface area contributed by atoms with Crippen molar-refractivity contribution in [1.82, 2.24) is 4.57 Å². The highest BCUT2D eigenvalue weighted by atomic mass is 35.6. The maximum Gasteiger partial charge on any atom is 0.419 e. The molecule has 0 N–H and O–H groups in total. The van der Waals surface area contributed by atoms with Crippen LogP contribution in [0.4, 0.5) is 4.79 Å². The van der Waals surface area contributed by atoms with Gasteiger partial charge < -0.3 is 4.74 Å². The largest absolute Gasteiger partial charge is 0.444 e. The van der Waals surface area contributed by atoms with Crippen molar-refractivity contribution in [2.75, 3.05) is 6.61 Å². The van der Waals surface area contributed by atoms with Crippen LogP contribution in [0.1, 0.15) is 10.4 Å². The molecule has 106 valence electrons. The molecule has 0 aliphatic rings. The maximum atomic E-state index is 12.0. The number of hydrogen-bond donors (Lipinski definition) is 0. The molecule has 8 heteroatoms. The topological polar surface area (TPSA) is 48.3 Å². The number of carbonyl (C=O) groups is 2. The van der Waals surface area contributed by atoms with Crippen LogP contribution in [0.15, 0.2) is 24.3 Å². The van der Waals surface area contributed by atoms with Gasteiger partial charge in [-0.2, -0.15) is 0 Å². The number of alkyl halides is 3. The molecule has 0 aliphatic heterocycles. The molecule has 20 heavy (non-hydrogen) atoms. The fraction of sp³-hybridized carbons (Fsp3) is 0.167. The van der Waals surface area contributed by atoms with E-state index in [1.165, 1.54) is 0 Å². The lowest BCUT2D eigenvalue weighted by Gasteiger charge is -2.12. The van der Waals surface area contributed by atoms with Crippen molar-refractivity contribution >= 4 is 69.7 Å². The van der Waals surface area contributed by atoms with Crippen molar-refractivity contribution in [2.24, 2.45) is 0 Å². The third kappa shape index (κ3) is 3.04. The predicted octanol–water partition coefficient (Wildman–Crippen LogP) is 4.46. The molecule has 0 atom stereocenters. The second-order valence-corrected chi connectivity index (χ2v) is 6.72. The summed E-state index contributed by atoms with van der Waals surface area (Å²) < 4.78 is 4.20. The number of halogens is 4. The second-order valence-electron chi connectivity index (χ2n) is 3.84. The van der Waals surface area contributed by atoms with E-state index in [1.807, 2.05) is 0 Å². The Kier molecular flexibility index (Phi) is 4.49. The van der Waals surface area contributed by atoms with Gasteiger partial charge in [0.25, 0.3) is 0 Å². The zero-order valence-electron chi connectivity index (χ0n) is 9.78. The molecular formula is C12H7Cl4NO3. The number of aromatic nitrogens is 1. The zero-order valence-corrected chi connectivity index (χ0v) is 12.8. The third-order valence-corrected chi connectivity index (χ3v) is 3.21. The SMILES string of the molecule is O=Cc1c(Cl)n(C(=O)OCC(Cl)(Cl)Cl)c2ccccc12. The quantitative estimate of drug-likeness (QED) is 0.590. The molecule has 2 rings (SSSR count). The number of fused-ring (bicyclic) bond motifs is 1. The first-order chi connectivity index (χ1) is 9.35. The molecule has 1 aromatic heterocycles. The number of nitrogens with zero attached hydrogens (tertiary/aromatic N) is 1. The zero-order chi connectivity index (χ0) is 14.9. The molecule has 0 spiro atoms. The summed E-state index contributed by atoms with van der Waals surface area (Å²) in [5.41, 5.74) is 0.641.